The quantitative estimate of drug-likeness (QED) is 0.176. The lowest BCUT2D eigenvalue weighted by molar-refractivity contribution is 0.556. The Morgan fingerprint density at radius 2 is 1.53 bits per heavy atom. The highest BCUT2D eigenvalue weighted by Crippen LogP contribution is 2.40. The Labute approximate surface area is 202 Å². The van der Waals surface area contributed by atoms with Crippen molar-refractivity contribution in [2.24, 2.45) is 0 Å². The lowest BCUT2D eigenvalue weighted by Crippen LogP contribution is -1.88. The fourth-order valence-electron chi connectivity index (χ4n) is 4.22. The molecule has 0 radical (unpaired) electrons. The minimum Gasteiger partial charge on any atom is -0.206 e. The molecule has 3 aromatic heterocycles. The van der Waals surface area contributed by atoms with Gasteiger partial charge in [-0.1, -0.05) is 70.8 Å². The van der Waals surface area contributed by atoms with Crippen LogP contribution in [0.1, 0.15) is 76.7 Å². The van der Waals surface area contributed by atoms with E-state index < -0.39 is 0 Å². The van der Waals surface area contributed by atoms with E-state index in [0.29, 0.717) is 11.1 Å². The number of rotatable bonds is 13. The monoisotopic (exact) mass is 486 g/mol. The summed E-state index contributed by atoms with van der Waals surface area (Å²) in [5.74, 6) is -0.215. The first-order chi connectivity index (χ1) is 15.8. The minimum atomic E-state index is -0.215. The fourth-order valence-corrected chi connectivity index (χ4v) is 6.52. The molecule has 0 N–H and O–H groups in total. The van der Waals surface area contributed by atoms with E-state index in [-0.39, 0.29) is 5.82 Å². The Kier molecular flexibility index (Phi) is 8.83. The predicted octanol–water partition coefficient (Wildman–Crippen LogP) is 9.75. The average molecular weight is 487 g/mol. The van der Waals surface area contributed by atoms with Crippen molar-refractivity contribution in [1.29, 1.82) is 0 Å². The summed E-state index contributed by atoms with van der Waals surface area (Å²) in [6.07, 6.45) is 14.6. The zero-order valence-electron chi connectivity index (χ0n) is 18.7. The third kappa shape index (κ3) is 5.83. The third-order valence-electron chi connectivity index (χ3n) is 6.00. The van der Waals surface area contributed by atoms with Gasteiger partial charge in [0.2, 0.25) is 0 Å². The maximum atomic E-state index is 15.1. The van der Waals surface area contributed by atoms with Gasteiger partial charge in [-0.25, -0.2) is 4.39 Å². The Bertz CT molecular complexity index is 1100. The van der Waals surface area contributed by atoms with Crippen molar-refractivity contribution in [3.05, 3.63) is 46.4 Å². The molecule has 32 heavy (non-hydrogen) atoms. The number of fused-ring (bicyclic) bond motifs is 1. The highest BCUT2D eigenvalue weighted by atomic mass is 32.1. The molecular formula is C26H31FN2S3. The lowest BCUT2D eigenvalue weighted by atomic mass is 10.0. The van der Waals surface area contributed by atoms with E-state index in [4.69, 9.17) is 0 Å². The van der Waals surface area contributed by atoms with Crippen LogP contribution >= 0.6 is 34.4 Å². The summed E-state index contributed by atoms with van der Waals surface area (Å²) in [6.45, 7) is 2.27. The molecule has 0 unspecified atom stereocenters. The molecule has 0 aliphatic heterocycles. The largest absolute Gasteiger partial charge is 0.206 e. The minimum absolute atomic E-state index is 0.215. The average Bonchev–Trinajstić information content (AvgIpc) is 3.56. The van der Waals surface area contributed by atoms with Gasteiger partial charge in [-0.3, -0.25) is 0 Å². The molecule has 6 heteroatoms. The summed E-state index contributed by atoms with van der Waals surface area (Å²) in [5.41, 5.74) is 4.29. The number of unbranched alkanes of at least 4 members (excludes halogenated alkanes) is 9. The summed E-state index contributed by atoms with van der Waals surface area (Å²) in [6, 6.07) is 7.75. The van der Waals surface area contributed by atoms with Gasteiger partial charge < -0.3 is 0 Å². The molecule has 0 saturated heterocycles. The second-order valence-electron chi connectivity index (χ2n) is 8.47. The first-order valence-electron chi connectivity index (χ1n) is 11.8. The van der Waals surface area contributed by atoms with Crippen LogP contribution in [-0.2, 0) is 6.42 Å². The predicted molar refractivity (Wildman–Crippen MR) is 140 cm³/mol. The molecule has 170 valence electrons. The Morgan fingerprint density at radius 3 is 2.25 bits per heavy atom. The molecule has 4 aromatic rings. The molecular weight excluding hydrogens is 455 g/mol. The van der Waals surface area contributed by atoms with Crippen LogP contribution in [0.3, 0.4) is 0 Å². The van der Waals surface area contributed by atoms with E-state index in [1.54, 1.807) is 17.4 Å². The maximum Gasteiger partial charge on any atom is 0.134 e. The van der Waals surface area contributed by atoms with Gasteiger partial charge in [-0.15, -0.1) is 22.7 Å². The van der Waals surface area contributed by atoms with Crippen LogP contribution in [0.2, 0.25) is 0 Å². The topological polar surface area (TPSA) is 25.8 Å². The maximum absolute atomic E-state index is 15.1. The van der Waals surface area contributed by atoms with Gasteiger partial charge in [0.15, 0.2) is 0 Å². The summed E-state index contributed by atoms with van der Waals surface area (Å²) >= 11 is 4.38. The number of aromatic nitrogens is 2. The van der Waals surface area contributed by atoms with Crippen LogP contribution in [-0.4, -0.2) is 8.75 Å². The van der Waals surface area contributed by atoms with Gasteiger partial charge in [-0.2, -0.15) is 8.75 Å². The summed E-state index contributed by atoms with van der Waals surface area (Å²) < 4.78 is 24.1. The number of aryl methyl sites for hydroxylation is 1. The smallest absolute Gasteiger partial charge is 0.134 e. The van der Waals surface area contributed by atoms with Crippen molar-refractivity contribution >= 4 is 45.4 Å². The van der Waals surface area contributed by atoms with E-state index in [9.17, 15) is 0 Å². The molecule has 0 aliphatic carbocycles. The van der Waals surface area contributed by atoms with E-state index in [0.717, 1.165) is 39.0 Å². The molecule has 0 amide bonds. The molecule has 0 bridgehead atoms. The first-order valence-corrected chi connectivity index (χ1v) is 14.3. The SMILES string of the molecule is CCCCCCCCCCCCc1csc(-c2cc(F)c(-c3cccs3)c3nsnc23)c1. The standard InChI is InChI=1S/C26H31FN2S3/c1-2-3-4-5-6-7-8-9-10-11-13-19-16-23(31-18-19)20-17-21(27)24(22-14-12-15-30-22)26-25(20)28-32-29-26/h12,14-18H,2-11,13H2,1H3. The second kappa shape index (κ2) is 12.0. The van der Waals surface area contributed by atoms with E-state index in [2.05, 4.69) is 27.1 Å². The number of thiophene rings is 2. The highest BCUT2D eigenvalue weighted by Gasteiger charge is 2.19. The fraction of sp³-hybridized carbons (Fsp3) is 0.462. The second-order valence-corrected chi connectivity index (χ2v) is 10.9. The van der Waals surface area contributed by atoms with Crippen LogP contribution < -0.4 is 0 Å². The molecule has 2 nitrogen and oxygen atoms in total. The summed E-state index contributed by atoms with van der Waals surface area (Å²) in [4.78, 5) is 1.99. The zero-order chi connectivity index (χ0) is 22.2. The van der Waals surface area contributed by atoms with Crippen molar-refractivity contribution in [1.82, 2.24) is 8.75 Å². The van der Waals surface area contributed by atoms with Gasteiger partial charge in [0.1, 0.15) is 16.9 Å². The molecule has 0 fully saturated rings. The number of hydrogen-bond acceptors (Lipinski definition) is 5. The molecule has 1 aromatic carbocycles. The Hall–Kier alpha value is -1.63. The van der Waals surface area contributed by atoms with Crippen molar-refractivity contribution in [2.45, 2.75) is 77.6 Å². The van der Waals surface area contributed by atoms with Gasteiger partial charge in [0, 0.05) is 15.3 Å². The van der Waals surface area contributed by atoms with E-state index >= 15 is 4.39 Å². The number of halogens is 1. The van der Waals surface area contributed by atoms with Crippen LogP contribution in [0.15, 0.2) is 35.0 Å². The van der Waals surface area contributed by atoms with Crippen LogP contribution in [0.5, 0.6) is 0 Å². The number of hydrogen-bond donors (Lipinski definition) is 0. The normalized spacial score (nSPS) is 11.6. The van der Waals surface area contributed by atoms with Crippen molar-refractivity contribution < 1.29 is 4.39 Å². The van der Waals surface area contributed by atoms with E-state index in [1.807, 2.05) is 17.5 Å². The molecule has 3 heterocycles. The highest BCUT2D eigenvalue weighted by molar-refractivity contribution is 7.14. The summed E-state index contributed by atoms with van der Waals surface area (Å²) in [5, 5.41) is 4.19. The first kappa shape index (κ1) is 23.5. The molecule has 0 saturated carbocycles. The Balaban J connectivity index is 1.32. The van der Waals surface area contributed by atoms with Crippen molar-refractivity contribution in [3.8, 4) is 20.9 Å². The van der Waals surface area contributed by atoms with Gasteiger partial charge >= 0.3 is 0 Å². The van der Waals surface area contributed by atoms with Crippen LogP contribution in [0.25, 0.3) is 31.9 Å². The zero-order valence-corrected chi connectivity index (χ0v) is 21.2. The van der Waals surface area contributed by atoms with Crippen LogP contribution in [0, 0.1) is 5.82 Å². The van der Waals surface area contributed by atoms with Crippen LogP contribution in [0.4, 0.5) is 4.39 Å². The Morgan fingerprint density at radius 1 is 0.812 bits per heavy atom. The molecule has 4 rings (SSSR count). The lowest BCUT2D eigenvalue weighted by Gasteiger charge is -2.05. The van der Waals surface area contributed by atoms with E-state index in [1.165, 1.54) is 81.1 Å². The number of nitrogens with zero attached hydrogens (tertiary/aromatic N) is 2. The van der Waals surface area contributed by atoms with Gasteiger partial charge in [0.25, 0.3) is 0 Å². The molecule has 0 aliphatic rings. The molecule has 0 atom stereocenters. The summed E-state index contributed by atoms with van der Waals surface area (Å²) in [7, 11) is 0. The third-order valence-corrected chi connectivity index (χ3v) is 8.42. The van der Waals surface area contributed by atoms with Crippen molar-refractivity contribution in [2.75, 3.05) is 0 Å². The van der Waals surface area contributed by atoms with Gasteiger partial charge in [0.05, 0.1) is 17.3 Å². The van der Waals surface area contributed by atoms with Gasteiger partial charge in [-0.05, 0) is 47.4 Å². The molecule has 0 spiro atoms. The number of benzene rings is 1. The van der Waals surface area contributed by atoms with Crippen molar-refractivity contribution in [3.63, 3.8) is 0 Å².